The summed E-state index contributed by atoms with van der Waals surface area (Å²) in [7, 11) is 0. The second-order valence-electron chi connectivity index (χ2n) is 3.24. The monoisotopic (exact) mass is 263 g/mol. The molecule has 0 aliphatic carbocycles. The Morgan fingerprint density at radius 3 is 2.47 bits per heavy atom. The third kappa shape index (κ3) is 3.78. The molecule has 17 heavy (non-hydrogen) atoms. The smallest absolute Gasteiger partial charge is 0.347 e. The second-order valence-corrected chi connectivity index (χ2v) is 3.78. The number of halogens is 4. The molecule has 0 atom stereocenters. The molecule has 1 aromatic rings. The fraction of sp³-hybridized carbons (Fsp3) is 0.182. The van der Waals surface area contributed by atoms with E-state index < -0.39 is 23.2 Å². The zero-order valence-corrected chi connectivity index (χ0v) is 9.40. The standard InChI is InChI=1S/C11H9ClF3NO/c1-7(12)6-16-10(17)8-4-2-3-5-9(8)11(13,14)15/h2-5H,1,6H2,(H,16,17). The average molecular weight is 264 g/mol. The fourth-order valence-electron chi connectivity index (χ4n) is 1.20. The van der Waals surface area contributed by atoms with Crippen LogP contribution in [0.1, 0.15) is 15.9 Å². The van der Waals surface area contributed by atoms with Crippen LogP contribution >= 0.6 is 11.6 Å². The Kier molecular flexibility index (Phi) is 4.17. The number of alkyl halides is 3. The molecule has 0 aromatic heterocycles. The molecule has 92 valence electrons. The normalized spacial score (nSPS) is 11.1. The highest BCUT2D eigenvalue weighted by Gasteiger charge is 2.34. The van der Waals surface area contributed by atoms with Gasteiger partial charge in [-0.25, -0.2) is 0 Å². The highest BCUT2D eigenvalue weighted by Crippen LogP contribution is 2.31. The van der Waals surface area contributed by atoms with Gasteiger partial charge >= 0.3 is 6.18 Å². The van der Waals surface area contributed by atoms with Gasteiger partial charge in [-0.3, -0.25) is 4.79 Å². The molecule has 0 unspecified atom stereocenters. The van der Waals surface area contributed by atoms with E-state index in [0.717, 1.165) is 12.1 Å². The van der Waals surface area contributed by atoms with Crippen molar-refractivity contribution in [2.75, 3.05) is 6.54 Å². The lowest BCUT2D eigenvalue weighted by molar-refractivity contribution is -0.137. The second kappa shape index (κ2) is 5.23. The zero-order chi connectivity index (χ0) is 13.1. The van der Waals surface area contributed by atoms with Gasteiger partial charge in [0.25, 0.3) is 5.91 Å². The Morgan fingerprint density at radius 1 is 1.35 bits per heavy atom. The summed E-state index contributed by atoms with van der Waals surface area (Å²) in [5, 5.41) is 2.38. The van der Waals surface area contributed by atoms with Crippen LogP contribution in [0.4, 0.5) is 13.2 Å². The lowest BCUT2D eigenvalue weighted by atomic mass is 10.1. The number of nitrogens with one attached hydrogen (secondary N) is 1. The largest absolute Gasteiger partial charge is 0.417 e. The lowest BCUT2D eigenvalue weighted by Gasteiger charge is -2.12. The molecular formula is C11H9ClF3NO. The molecule has 0 aliphatic heterocycles. The van der Waals surface area contributed by atoms with Crippen molar-refractivity contribution in [3.05, 3.63) is 47.0 Å². The summed E-state index contributed by atoms with van der Waals surface area (Å²) >= 11 is 5.41. The molecule has 1 N–H and O–H groups in total. The first-order valence-corrected chi connectivity index (χ1v) is 4.98. The van der Waals surface area contributed by atoms with Crippen molar-refractivity contribution in [1.29, 1.82) is 0 Å². The van der Waals surface area contributed by atoms with Crippen LogP contribution in [0.3, 0.4) is 0 Å². The number of hydrogen-bond donors (Lipinski definition) is 1. The van der Waals surface area contributed by atoms with Crippen LogP contribution in [0.25, 0.3) is 0 Å². The summed E-state index contributed by atoms with van der Waals surface area (Å²) in [5.74, 6) is -0.834. The summed E-state index contributed by atoms with van der Waals surface area (Å²) < 4.78 is 37.8. The maximum Gasteiger partial charge on any atom is 0.417 e. The highest BCUT2D eigenvalue weighted by molar-refractivity contribution is 6.29. The van der Waals surface area contributed by atoms with Gasteiger partial charge < -0.3 is 5.32 Å². The number of benzene rings is 1. The van der Waals surface area contributed by atoms with E-state index in [0.29, 0.717) is 0 Å². The van der Waals surface area contributed by atoms with Crippen LogP contribution in [0.15, 0.2) is 35.9 Å². The van der Waals surface area contributed by atoms with E-state index in [4.69, 9.17) is 11.6 Å². The molecule has 0 heterocycles. The SMILES string of the molecule is C=C(Cl)CNC(=O)c1ccccc1C(F)(F)F. The zero-order valence-electron chi connectivity index (χ0n) is 8.64. The van der Waals surface area contributed by atoms with Crippen molar-refractivity contribution in [3.63, 3.8) is 0 Å². The minimum absolute atomic E-state index is 0.0768. The topological polar surface area (TPSA) is 29.1 Å². The Hall–Kier alpha value is -1.49. The van der Waals surface area contributed by atoms with Gasteiger partial charge in [-0.2, -0.15) is 13.2 Å². The van der Waals surface area contributed by atoms with E-state index in [1.54, 1.807) is 0 Å². The maximum atomic E-state index is 12.6. The average Bonchev–Trinajstić information content (AvgIpc) is 2.24. The minimum atomic E-state index is -4.56. The van der Waals surface area contributed by atoms with Crippen LogP contribution < -0.4 is 5.32 Å². The third-order valence-corrected chi connectivity index (χ3v) is 2.05. The Morgan fingerprint density at radius 2 is 1.94 bits per heavy atom. The van der Waals surface area contributed by atoms with E-state index in [2.05, 4.69) is 11.9 Å². The summed E-state index contributed by atoms with van der Waals surface area (Å²) in [6, 6.07) is 4.54. The fourth-order valence-corrected chi connectivity index (χ4v) is 1.27. The van der Waals surface area contributed by atoms with Crippen molar-refractivity contribution in [2.45, 2.75) is 6.18 Å². The number of amides is 1. The third-order valence-electron chi connectivity index (χ3n) is 1.92. The quantitative estimate of drug-likeness (QED) is 0.892. The predicted octanol–water partition coefficient (Wildman–Crippen LogP) is 3.19. The molecule has 2 nitrogen and oxygen atoms in total. The van der Waals surface area contributed by atoms with E-state index in [1.807, 2.05) is 0 Å². The summed E-state index contributed by atoms with van der Waals surface area (Å²) in [6.45, 7) is 3.24. The van der Waals surface area contributed by atoms with Crippen LogP contribution in [0.2, 0.25) is 0 Å². The van der Waals surface area contributed by atoms with Crippen LogP contribution in [-0.4, -0.2) is 12.5 Å². The van der Waals surface area contributed by atoms with Crippen LogP contribution in [-0.2, 0) is 6.18 Å². The summed E-state index contributed by atoms with van der Waals surface area (Å²) in [6.07, 6.45) is -4.56. The van der Waals surface area contributed by atoms with E-state index in [9.17, 15) is 18.0 Å². The Labute approximate surface area is 101 Å². The van der Waals surface area contributed by atoms with Gasteiger partial charge in [-0.15, -0.1) is 0 Å². The molecule has 0 fully saturated rings. The molecule has 0 aliphatic rings. The van der Waals surface area contributed by atoms with E-state index in [1.165, 1.54) is 12.1 Å². The lowest BCUT2D eigenvalue weighted by Crippen LogP contribution is -2.27. The summed E-state index contributed by atoms with van der Waals surface area (Å²) in [4.78, 5) is 11.5. The van der Waals surface area contributed by atoms with Gasteiger partial charge in [0.1, 0.15) is 0 Å². The molecule has 0 radical (unpaired) electrons. The summed E-state index contributed by atoms with van der Waals surface area (Å²) in [5.41, 5.74) is -1.41. The number of carbonyl (C=O) groups excluding carboxylic acids is 1. The molecule has 0 bridgehead atoms. The molecule has 1 amide bonds. The van der Waals surface area contributed by atoms with Crippen LogP contribution in [0.5, 0.6) is 0 Å². The molecule has 1 rings (SSSR count). The first kappa shape index (κ1) is 13.6. The number of hydrogen-bond acceptors (Lipinski definition) is 1. The van der Waals surface area contributed by atoms with Gasteiger partial charge in [0.2, 0.25) is 0 Å². The van der Waals surface area contributed by atoms with Gasteiger partial charge in [0, 0.05) is 5.03 Å². The van der Waals surface area contributed by atoms with Gasteiger partial charge in [-0.05, 0) is 12.1 Å². The van der Waals surface area contributed by atoms with Crippen molar-refractivity contribution < 1.29 is 18.0 Å². The molecular weight excluding hydrogens is 255 g/mol. The Balaban J connectivity index is 2.98. The number of rotatable bonds is 3. The first-order chi connectivity index (χ1) is 7.82. The van der Waals surface area contributed by atoms with Crippen molar-refractivity contribution >= 4 is 17.5 Å². The number of carbonyl (C=O) groups is 1. The van der Waals surface area contributed by atoms with Crippen molar-refractivity contribution in [2.24, 2.45) is 0 Å². The molecule has 0 spiro atoms. The maximum absolute atomic E-state index is 12.6. The molecule has 0 saturated carbocycles. The van der Waals surface area contributed by atoms with Crippen molar-refractivity contribution in [1.82, 2.24) is 5.32 Å². The predicted molar refractivity (Wildman–Crippen MR) is 58.8 cm³/mol. The Bertz CT molecular complexity index is 443. The molecule has 1 aromatic carbocycles. The molecule has 0 saturated heterocycles. The molecule has 6 heteroatoms. The minimum Gasteiger partial charge on any atom is -0.347 e. The highest BCUT2D eigenvalue weighted by atomic mass is 35.5. The van der Waals surface area contributed by atoms with Crippen LogP contribution in [0, 0.1) is 0 Å². The van der Waals surface area contributed by atoms with Crippen molar-refractivity contribution in [3.8, 4) is 0 Å². The first-order valence-electron chi connectivity index (χ1n) is 4.60. The van der Waals surface area contributed by atoms with E-state index in [-0.39, 0.29) is 11.6 Å². The van der Waals surface area contributed by atoms with Gasteiger partial charge in [0.05, 0.1) is 17.7 Å². The van der Waals surface area contributed by atoms with Gasteiger partial charge in [0.15, 0.2) is 0 Å². The van der Waals surface area contributed by atoms with Gasteiger partial charge in [-0.1, -0.05) is 30.3 Å². The van der Waals surface area contributed by atoms with E-state index >= 15 is 0 Å².